The van der Waals surface area contributed by atoms with Gasteiger partial charge in [0, 0.05) is 42.9 Å². The van der Waals surface area contributed by atoms with E-state index < -0.39 is 10.8 Å². The van der Waals surface area contributed by atoms with Gasteiger partial charge in [0.2, 0.25) is 0 Å². The molecule has 1 aliphatic rings. The average molecular weight is 395 g/mol. The molecule has 0 bridgehead atoms. The van der Waals surface area contributed by atoms with Crippen LogP contribution in [0.5, 0.6) is 0 Å². The molecule has 0 spiro atoms. The third-order valence-electron chi connectivity index (χ3n) is 4.65. The molecule has 0 amide bonds. The van der Waals surface area contributed by atoms with Crippen molar-refractivity contribution in [2.45, 2.75) is 31.7 Å². The number of guanidine groups is 1. The van der Waals surface area contributed by atoms with Crippen molar-refractivity contribution in [2.75, 3.05) is 51.7 Å². The number of hydrogen-bond acceptors (Lipinski definition) is 4. The Morgan fingerprint density at radius 2 is 1.93 bits per heavy atom. The number of rotatable bonds is 9. The molecule has 1 aromatic carbocycles. The Morgan fingerprint density at radius 1 is 1.22 bits per heavy atom. The summed E-state index contributed by atoms with van der Waals surface area (Å²) in [5.41, 5.74) is 0. The molecule has 27 heavy (non-hydrogen) atoms. The molecule has 1 heterocycles. The van der Waals surface area contributed by atoms with Crippen LogP contribution in [0.3, 0.4) is 0 Å². The van der Waals surface area contributed by atoms with Gasteiger partial charge < -0.3 is 15.4 Å². The van der Waals surface area contributed by atoms with Crippen molar-refractivity contribution in [2.24, 2.45) is 10.9 Å². The van der Waals surface area contributed by atoms with Crippen LogP contribution in [0.15, 0.2) is 40.2 Å². The maximum atomic E-state index is 12.3. The number of morpholine rings is 1. The number of benzene rings is 1. The molecule has 2 rings (SSSR count). The van der Waals surface area contributed by atoms with Crippen molar-refractivity contribution in [3.63, 3.8) is 0 Å². The zero-order chi connectivity index (χ0) is 19.5. The largest absolute Gasteiger partial charge is 0.379 e. The van der Waals surface area contributed by atoms with Gasteiger partial charge in [0.25, 0.3) is 0 Å². The van der Waals surface area contributed by atoms with Crippen molar-refractivity contribution >= 4 is 16.8 Å². The predicted molar refractivity (Wildman–Crippen MR) is 113 cm³/mol. The fourth-order valence-corrected chi connectivity index (χ4v) is 4.12. The fourth-order valence-electron chi connectivity index (χ4n) is 3.14. The topological polar surface area (TPSA) is 66.0 Å². The van der Waals surface area contributed by atoms with E-state index in [9.17, 15) is 4.21 Å². The third-order valence-corrected chi connectivity index (χ3v) is 6.02. The molecule has 1 saturated heterocycles. The molecular weight excluding hydrogens is 360 g/mol. The second kappa shape index (κ2) is 12.1. The average Bonchev–Trinajstić information content (AvgIpc) is 2.69. The molecule has 0 saturated carbocycles. The lowest BCUT2D eigenvalue weighted by molar-refractivity contribution is 0.00867. The summed E-state index contributed by atoms with van der Waals surface area (Å²) in [6.07, 6.45) is 0. The second-order valence-electron chi connectivity index (χ2n) is 6.97. The molecule has 2 unspecified atom stereocenters. The molecule has 1 aliphatic heterocycles. The first kappa shape index (κ1) is 21.9. The van der Waals surface area contributed by atoms with Crippen molar-refractivity contribution in [3.05, 3.63) is 30.3 Å². The summed E-state index contributed by atoms with van der Waals surface area (Å²) in [5, 5.41) is 6.61. The Hall–Kier alpha value is -1.44. The number of hydrogen-bond donors (Lipinski definition) is 2. The number of aliphatic imine (C=N–C) groups is 1. The van der Waals surface area contributed by atoms with Crippen LogP contribution >= 0.6 is 0 Å². The minimum atomic E-state index is -0.995. The molecule has 6 nitrogen and oxygen atoms in total. The van der Waals surface area contributed by atoms with Gasteiger partial charge in [0.15, 0.2) is 5.96 Å². The summed E-state index contributed by atoms with van der Waals surface area (Å²) in [6, 6.07) is 10.0. The number of nitrogens with zero attached hydrogens (tertiary/aromatic N) is 2. The predicted octanol–water partition coefficient (Wildman–Crippen LogP) is 1.71. The SMILES string of the molecule is CCNC(=NCC(C(C)C)N1CCOCC1)NCCS(=O)c1ccccc1. The Kier molecular flexibility index (Phi) is 9.80. The molecule has 0 aliphatic carbocycles. The van der Waals surface area contributed by atoms with Gasteiger partial charge >= 0.3 is 0 Å². The molecule has 0 radical (unpaired) electrons. The highest BCUT2D eigenvalue weighted by Gasteiger charge is 2.23. The van der Waals surface area contributed by atoms with Crippen LogP contribution in [0.25, 0.3) is 0 Å². The minimum absolute atomic E-state index is 0.405. The van der Waals surface area contributed by atoms with E-state index in [-0.39, 0.29) is 0 Å². The van der Waals surface area contributed by atoms with Gasteiger partial charge in [0.05, 0.1) is 30.6 Å². The van der Waals surface area contributed by atoms with E-state index in [0.717, 1.165) is 50.2 Å². The number of nitrogens with one attached hydrogen (secondary N) is 2. The molecule has 1 fully saturated rings. The summed E-state index contributed by atoms with van der Waals surface area (Å²) in [7, 11) is -0.995. The number of ether oxygens (including phenoxy) is 1. The van der Waals surface area contributed by atoms with Crippen molar-refractivity contribution in [3.8, 4) is 0 Å². The van der Waals surface area contributed by atoms with Gasteiger partial charge in [-0.25, -0.2) is 0 Å². The third kappa shape index (κ3) is 7.60. The normalized spacial score (nSPS) is 18.3. The zero-order valence-electron chi connectivity index (χ0n) is 16.8. The van der Waals surface area contributed by atoms with Crippen LogP contribution in [-0.4, -0.2) is 72.8 Å². The Balaban J connectivity index is 1.87. The summed E-state index contributed by atoms with van der Waals surface area (Å²) < 4.78 is 17.8. The van der Waals surface area contributed by atoms with Gasteiger partial charge in [-0.15, -0.1) is 0 Å². The summed E-state index contributed by atoms with van der Waals surface area (Å²) in [5.74, 6) is 1.88. The lowest BCUT2D eigenvalue weighted by Gasteiger charge is -2.36. The van der Waals surface area contributed by atoms with Gasteiger partial charge in [0.1, 0.15) is 0 Å². The fraction of sp³-hybridized carbons (Fsp3) is 0.650. The van der Waals surface area contributed by atoms with Crippen molar-refractivity contribution in [1.29, 1.82) is 0 Å². The Morgan fingerprint density at radius 3 is 2.56 bits per heavy atom. The van der Waals surface area contributed by atoms with Crippen LogP contribution in [0.2, 0.25) is 0 Å². The molecule has 2 atom stereocenters. The van der Waals surface area contributed by atoms with Gasteiger partial charge in [-0.3, -0.25) is 14.1 Å². The van der Waals surface area contributed by atoms with Crippen LogP contribution in [0.4, 0.5) is 0 Å². The maximum Gasteiger partial charge on any atom is 0.191 e. The van der Waals surface area contributed by atoms with Gasteiger partial charge in [-0.2, -0.15) is 0 Å². The minimum Gasteiger partial charge on any atom is -0.379 e. The highest BCUT2D eigenvalue weighted by Crippen LogP contribution is 2.13. The Bertz CT molecular complexity index is 589. The first-order chi connectivity index (χ1) is 13.1. The zero-order valence-corrected chi connectivity index (χ0v) is 17.6. The monoisotopic (exact) mass is 394 g/mol. The van der Waals surface area contributed by atoms with E-state index in [2.05, 4.69) is 36.3 Å². The molecule has 152 valence electrons. The molecular formula is C20H34N4O2S. The quantitative estimate of drug-likeness (QED) is 0.493. The second-order valence-corrected chi connectivity index (χ2v) is 8.54. The molecule has 1 aromatic rings. The highest BCUT2D eigenvalue weighted by molar-refractivity contribution is 7.85. The highest BCUT2D eigenvalue weighted by atomic mass is 32.2. The summed E-state index contributed by atoms with van der Waals surface area (Å²) in [6.45, 7) is 12.3. The lowest BCUT2D eigenvalue weighted by Crippen LogP contribution is -2.48. The molecule has 2 N–H and O–H groups in total. The first-order valence-electron chi connectivity index (χ1n) is 9.89. The standard InChI is InChI=1S/C20H34N4O2S/c1-4-21-20(22-10-15-27(25)18-8-6-5-7-9-18)23-16-19(17(2)3)24-11-13-26-14-12-24/h5-9,17,19H,4,10-16H2,1-3H3,(H2,21,22,23). The summed E-state index contributed by atoms with van der Waals surface area (Å²) in [4.78, 5) is 8.14. The van der Waals surface area contributed by atoms with E-state index in [1.165, 1.54) is 0 Å². The van der Waals surface area contributed by atoms with Crippen LogP contribution in [0.1, 0.15) is 20.8 Å². The Labute approximate surface area is 166 Å². The van der Waals surface area contributed by atoms with Crippen molar-refractivity contribution < 1.29 is 8.95 Å². The molecule has 7 heteroatoms. The first-order valence-corrected chi connectivity index (χ1v) is 11.2. The maximum absolute atomic E-state index is 12.3. The smallest absolute Gasteiger partial charge is 0.191 e. The van der Waals surface area contributed by atoms with E-state index >= 15 is 0 Å². The van der Waals surface area contributed by atoms with E-state index in [4.69, 9.17) is 9.73 Å². The van der Waals surface area contributed by atoms with Gasteiger partial charge in [-0.05, 0) is 25.0 Å². The van der Waals surface area contributed by atoms with E-state index in [1.54, 1.807) is 0 Å². The molecule has 0 aromatic heterocycles. The van der Waals surface area contributed by atoms with Crippen LogP contribution in [-0.2, 0) is 15.5 Å². The van der Waals surface area contributed by atoms with Crippen LogP contribution in [0, 0.1) is 5.92 Å². The van der Waals surface area contributed by atoms with E-state index in [0.29, 0.717) is 24.3 Å². The summed E-state index contributed by atoms with van der Waals surface area (Å²) >= 11 is 0. The van der Waals surface area contributed by atoms with Crippen LogP contribution < -0.4 is 10.6 Å². The van der Waals surface area contributed by atoms with Crippen molar-refractivity contribution in [1.82, 2.24) is 15.5 Å². The lowest BCUT2D eigenvalue weighted by atomic mass is 10.0. The van der Waals surface area contributed by atoms with E-state index in [1.807, 2.05) is 30.3 Å². The van der Waals surface area contributed by atoms with Gasteiger partial charge in [-0.1, -0.05) is 32.0 Å².